The standard InChI is InChI=1S/C13H7ClF2O2/c14-10-5-7(2-4-11(10)15)9-3-1-8(13(17)18)6-12(9)16/h1-6H,(H,17,18)/p-1. The van der Waals surface area contributed by atoms with Crippen molar-refractivity contribution in [1.29, 1.82) is 0 Å². The molecule has 0 amide bonds. The van der Waals surface area contributed by atoms with Crippen molar-refractivity contribution < 1.29 is 18.7 Å². The van der Waals surface area contributed by atoms with Crippen molar-refractivity contribution in [2.75, 3.05) is 0 Å². The van der Waals surface area contributed by atoms with Crippen LogP contribution in [0.2, 0.25) is 5.02 Å². The third kappa shape index (κ3) is 2.33. The predicted molar refractivity (Wildman–Crippen MR) is 61.1 cm³/mol. The van der Waals surface area contributed by atoms with Crippen LogP contribution in [0.3, 0.4) is 0 Å². The number of benzene rings is 2. The molecule has 2 rings (SSSR count). The first-order chi connectivity index (χ1) is 8.49. The molecule has 0 heterocycles. The molecule has 2 aromatic carbocycles. The van der Waals surface area contributed by atoms with Gasteiger partial charge in [0.2, 0.25) is 0 Å². The highest BCUT2D eigenvalue weighted by atomic mass is 35.5. The SMILES string of the molecule is O=C([O-])c1ccc(-c2ccc(F)c(Cl)c2)c(F)c1. The lowest BCUT2D eigenvalue weighted by Gasteiger charge is -2.07. The number of rotatable bonds is 2. The van der Waals surface area contributed by atoms with Gasteiger partial charge in [0, 0.05) is 11.1 Å². The van der Waals surface area contributed by atoms with E-state index >= 15 is 0 Å². The van der Waals surface area contributed by atoms with Gasteiger partial charge in [-0.3, -0.25) is 0 Å². The molecule has 0 atom stereocenters. The van der Waals surface area contributed by atoms with Gasteiger partial charge in [-0.1, -0.05) is 29.8 Å². The average molecular weight is 268 g/mol. The Morgan fingerprint density at radius 2 is 1.78 bits per heavy atom. The zero-order valence-electron chi connectivity index (χ0n) is 8.91. The van der Waals surface area contributed by atoms with Crippen LogP contribution < -0.4 is 5.11 Å². The van der Waals surface area contributed by atoms with Gasteiger partial charge in [-0.2, -0.15) is 0 Å². The fraction of sp³-hybridized carbons (Fsp3) is 0. The maximum Gasteiger partial charge on any atom is 0.141 e. The van der Waals surface area contributed by atoms with Gasteiger partial charge >= 0.3 is 0 Å². The lowest BCUT2D eigenvalue weighted by molar-refractivity contribution is -0.255. The highest BCUT2D eigenvalue weighted by Gasteiger charge is 2.09. The summed E-state index contributed by atoms with van der Waals surface area (Å²) in [4.78, 5) is 10.6. The Labute approximate surface area is 106 Å². The highest BCUT2D eigenvalue weighted by Crippen LogP contribution is 2.27. The molecule has 2 nitrogen and oxygen atoms in total. The number of carboxylic acids is 1. The van der Waals surface area contributed by atoms with E-state index in [-0.39, 0.29) is 16.1 Å². The van der Waals surface area contributed by atoms with Crippen LogP contribution in [0.25, 0.3) is 11.1 Å². The summed E-state index contributed by atoms with van der Waals surface area (Å²) in [5.74, 6) is -2.80. The monoisotopic (exact) mass is 267 g/mol. The molecule has 0 bridgehead atoms. The second kappa shape index (κ2) is 4.74. The zero-order valence-corrected chi connectivity index (χ0v) is 9.67. The number of carbonyl (C=O) groups is 1. The summed E-state index contributed by atoms with van der Waals surface area (Å²) in [6.45, 7) is 0. The Bertz CT molecular complexity index is 626. The smallest absolute Gasteiger partial charge is 0.141 e. The number of carbonyl (C=O) groups excluding carboxylic acids is 1. The average Bonchev–Trinajstić information content (AvgIpc) is 2.32. The highest BCUT2D eigenvalue weighted by molar-refractivity contribution is 6.31. The Kier molecular flexibility index (Phi) is 3.30. The van der Waals surface area contributed by atoms with Gasteiger partial charge in [0.05, 0.1) is 11.0 Å². The van der Waals surface area contributed by atoms with Crippen molar-refractivity contribution in [3.8, 4) is 11.1 Å². The van der Waals surface area contributed by atoms with Crippen LogP contribution in [0.1, 0.15) is 10.4 Å². The van der Waals surface area contributed by atoms with Crippen molar-refractivity contribution in [3.05, 3.63) is 58.6 Å². The van der Waals surface area contributed by atoms with E-state index in [1.807, 2.05) is 0 Å². The van der Waals surface area contributed by atoms with E-state index in [9.17, 15) is 18.7 Å². The molecule has 0 N–H and O–H groups in total. The first kappa shape index (κ1) is 12.5. The van der Waals surface area contributed by atoms with Crippen LogP contribution in [-0.2, 0) is 0 Å². The summed E-state index contributed by atoms with van der Waals surface area (Å²) >= 11 is 5.60. The van der Waals surface area contributed by atoms with E-state index < -0.39 is 17.6 Å². The van der Waals surface area contributed by atoms with Crippen LogP contribution in [0.4, 0.5) is 8.78 Å². The molecular weight excluding hydrogens is 262 g/mol. The van der Waals surface area contributed by atoms with Crippen molar-refractivity contribution in [2.24, 2.45) is 0 Å². The first-order valence-electron chi connectivity index (χ1n) is 4.95. The lowest BCUT2D eigenvalue weighted by Crippen LogP contribution is -2.22. The minimum Gasteiger partial charge on any atom is -0.545 e. The van der Waals surface area contributed by atoms with Gasteiger partial charge in [-0.05, 0) is 23.8 Å². The molecule has 0 unspecified atom stereocenters. The number of carboxylic acid groups (broad SMARTS) is 1. The molecule has 0 aromatic heterocycles. The minimum atomic E-state index is -1.46. The Morgan fingerprint density at radius 3 is 2.33 bits per heavy atom. The number of hydrogen-bond acceptors (Lipinski definition) is 2. The quantitative estimate of drug-likeness (QED) is 0.839. The second-order valence-electron chi connectivity index (χ2n) is 3.61. The molecule has 5 heteroatoms. The number of aromatic carboxylic acids is 1. The van der Waals surface area contributed by atoms with Crippen molar-refractivity contribution in [3.63, 3.8) is 0 Å². The third-order valence-corrected chi connectivity index (χ3v) is 2.73. The molecule has 92 valence electrons. The topological polar surface area (TPSA) is 40.1 Å². The van der Waals surface area contributed by atoms with Gasteiger partial charge in [0.25, 0.3) is 0 Å². The zero-order chi connectivity index (χ0) is 13.3. The molecule has 0 radical (unpaired) electrons. The maximum atomic E-state index is 13.7. The van der Waals surface area contributed by atoms with Gasteiger partial charge < -0.3 is 9.90 Å². The van der Waals surface area contributed by atoms with E-state index in [1.165, 1.54) is 24.3 Å². The summed E-state index contributed by atoms with van der Waals surface area (Å²) in [5.41, 5.74) is 0.246. The fourth-order valence-electron chi connectivity index (χ4n) is 1.54. The molecule has 0 fully saturated rings. The number of halogens is 3. The van der Waals surface area contributed by atoms with E-state index in [2.05, 4.69) is 0 Å². The predicted octanol–water partition coefficient (Wildman–Crippen LogP) is 2.65. The van der Waals surface area contributed by atoms with Crippen LogP contribution >= 0.6 is 11.6 Å². The van der Waals surface area contributed by atoms with Crippen molar-refractivity contribution in [1.82, 2.24) is 0 Å². The molecular formula is C13H6ClF2O2-. The molecule has 0 aliphatic heterocycles. The van der Waals surface area contributed by atoms with E-state index in [0.717, 1.165) is 12.1 Å². The van der Waals surface area contributed by atoms with Crippen molar-refractivity contribution >= 4 is 17.6 Å². The fourth-order valence-corrected chi connectivity index (χ4v) is 1.72. The van der Waals surface area contributed by atoms with Gasteiger partial charge in [0.15, 0.2) is 0 Å². The van der Waals surface area contributed by atoms with Crippen LogP contribution in [0, 0.1) is 11.6 Å². The molecule has 0 saturated heterocycles. The molecule has 0 spiro atoms. The maximum absolute atomic E-state index is 13.7. The third-order valence-electron chi connectivity index (χ3n) is 2.44. The van der Waals surface area contributed by atoms with Crippen LogP contribution in [-0.4, -0.2) is 5.97 Å². The number of hydrogen-bond donors (Lipinski definition) is 0. The molecule has 0 aliphatic carbocycles. The molecule has 0 aliphatic rings. The summed E-state index contributed by atoms with van der Waals surface area (Å²) in [6.07, 6.45) is 0. The van der Waals surface area contributed by atoms with Crippen LogP contribution in [0.5, 0.6) is 0 Å². The van der Waals surface area contributed by atoms with E-state index in [1.54, 1.807) is 0 Å². The summed E-state index contributed by atoms with van der Waals surface area (Å²) in [7, 11) is 0. The van der Waals surface area contributed by atoms with Crippen molar-refractivity contribution in [2.45, 2.75) is 0 Å². The van der Waals surface area contributed by atoms with Gasteiger partial charge in [-0.25, -0.2) is 8.78 Å². The lowest BCUT2D eigenvalue weighted by atomic mass is 10.0. The van der Waals surface area contributed by atoms with Gasteiger partial charge in [0.1, 0.15) is 11.6 Å². The first-order valence-corrected chi connectivity index (χ1v) is 5.33. The Balaban J connectivity index is 2.51. The van der Waals surface area contributed by atoms with E-state index in [0.29, 0.717) is 5.56 Å². The summed E-state index contributed by atoms with van der Waals surface area (Å²) < 4.78 is 26.7. The van der Waals surface area contributed by atoms with Crippen LogP contribution in [0.15, 0.2) is 36.4 Å². The summed E-state index contributed by atoms with van der Waals surface area (Å²) in [6, 6.07) is 7.09. The molecule has 18 heavy (non-hydrogen) atoms. The summed E-state index contributed by atoms with van der Waals surface area (Å²) in [5, 5.41) is 10.4. The largest absolute Gasteiger partial charge is 0.545 e. The normalized spacial score (nSPS) is 10.4. The van der Waals surface area contributed by atoms with Gasteiger partial charge in [-0.15, -0.1) is 0 Å². The molecule has 2 aromatic rings. The Morgan fingerprint density at radius 1 is 1.06 bits per heavy atom. The van der Waals surface area contributed by atoms with E-state index in [4.69, 9.17) is 11.6 Å². The minimum absolute atomic E-state index is 0.129. The molecule has 0 saturated carbocycles. The Hall–Kier alpha value is -1.94. The second-order valence-corrected chi connectivity index (χ2v) is 4.02.